The van der Waals surface area contributed by atoms with Gasteiger partial charge in [-0.2, -0.15) is 0 Å². The van der Waals surface area contributed by atoms with Gasteiger partial charge in [-0.3, -0.25) is 0 Å². The maximum Gasteiger partial charge on any atom is 0.137 e. The maximum atomic E-state index is 6.22. The number of halogens is 1. The molecule has 2 aliphatic heterocycles. The molecule has 0 aromatic heterocycles. The molecule has 98 valence electrons. The fraction of sp³-hybridized carbons (Fsp3) is 0.571. The zero-order chi connectivity index (χ0) is 12.5. The molecule has 0 amide bonds. The molecule has 2 atom stereocenters. The largest absolute Gasteiger partial charge is 0.495 e. The molecular formula is C14H19ClN2O. The van der Waals surface area contributed by atoms with Gasteiger partial charge in [-0.15, -0.1) is 0 Å². The minimum atomic E-state index is 0.628. The fourth-order valence-electron chi connectivity index (χ4n) is 3.22. The zero-order valence-corrected chi connectivity index (χ0v) is 11.4. The van der Waals surface area contributed by atoms with Gasteiger partial charge in [-0.25, -0.2) is 0 Å². The van der Waals surface area contributed by atoms with E-state index in [0.717, 1.165) is 18.8 Å². The highest BCUT2D eigenvalue weighted by Crippen LogP contribution is 2.34. The standard InChI is InChI=1S/C14H19ClN2O/c1-18-14-5-4-10(9-11(14)15)17-8-2-3-12-13(17)6-7-16-12/h4-5,9,12-13,16H,2-3,6-8H2,1H3. The number of fused-ring (bicyclic) bond motifs is 1. The molecular weight excluding hydrogens is 248 g/mol. The Morgan fingerprint density at radius 3 is 3.06 bits per heavy atom. The van der Waals surface area contributed by atoms with Gasteiger partial charge in [-0.1, -0.05) is 11.6 Å². The molecule has 0 radical (unpaired) electrons. The van der Waals surface area contributed by atoms with Crippen LogP contribution in [0.25, 0.3) is 0 Å². The lowest BCUT2D eigenvalue weighted by atomic mass is 9.97. The molecule has 2 unspecified atom stereocenters. The Hall–Kier alpha value is -0.930. The Morgan fingerprint density at radius 1 is 1.39 bits per heavy atom. The van der Waals surface area contributed by atoms with Gasteiger partial charge >= 0.3 is 0 Å². The van der Waals surface area contributed by atoms with E-state index in [1.165, 1.54) is 24.9 Å². The van der Waals surface area contributed by atoms with E-state index in [1.54, 1.807) is 7.11 Å². The van der Waals surface area contributed by atoms with Crippen LogP contribution in [-0.2, 0) is 0 Å². The highest BCUT2D eigenvalue weighted by atomic mass is 35.5. The van der Waals surface area contributed by atoms with Crippen LogP contribution in [0.15, 0.2) is 18.2 Å². The average Bonchev–Trinajstić information content (AvgIpc) is 2.86. The van der Waals surface area contributed by atoms with Gasteiger partial charge in [0.05, 0.1) is 12.1 Å². The first-order valence-corrected chi connectivity index (χ1v) is 7.01. The van der Waals surface area contributed by atoms with Crippen LogP contribution in [-0.4, -0.2) is 32.3 Å². The van der Waals surface area contributed by atoms with Crippen LogP contribution in [0.1, 0.15) is 19.3 Å². The molecule has 0 bridgehead atoms. The summed E-state index contributed by atoms with van der Waals surface area (Å²) < 4.78 is 5.21. The number of benzene rings is 1. The first-order chi connectivity index (χ1) is 8.79. The van der Waals surface area contributed by atoms with Crippen LogP contribution < -0.4 is 15.0 Å². The van der Waals surface area contributed by atoms with Gasteiger partial charge in [0.1, 0.15) is 5.75 Å². The molecule has 0 aliphatic carbocycles. The average molecular weight is 267 g/mol. The van der Waals surface area contributed by atoms with Gasteiger partial charge in [0.2, 0.25) is 0 Å². The number of rotatable bonds is 2. The summed E-state index contributed by atoms with van der Waals surface area (Å²) in [5, 5.41) is 4.29. The predicted octanol–water partition coefficient (Wildman–Crippen LogP) is 2.68. The van der Waals surface area contributed by atoms with E-state index in [1.807, 2.05) is 12.1 Å². The van der Waals surface area contributed by atoms with Crippen molar-refractivity contribution in [2.24, 2.45) is 0 Å². The number of hydrogen-bond acceptors (Lipinski definition) is 3. The van der Waals surface area contributed by atoms with E-state index in [9.17, 15) is 0 Å². The summed E-state index contributed by atoms with van der Waals surface area (Å²) >= 11 is 6.22. The molecule has 1 aromatic carbocycles. The minimum Gasteiger partial charge on any atom is -0.495 e. The lowest BCUT2D eigenvalue weighted by Crippen LogP contribution is -2.48. The Bertz CT molecular complexity index is 438. The number of hydrogen-bond donors (Lipinski definition) is 1. The quantitative estimate of drug-likeness (QED) is 0.891. The highest BCUT2D eigenvalue weighted by Gasteiger charge is 2.34. The molecule has 2 fully saturated rings. The Morgan fingerprint density at radius 2 is 2.28 bits per heavy atom. The van der Waals surface area contributed by atoms with Crippen molar-refractivity contribution in [3.05, 3.63) is 23.2 Å². The van der Waals surface area contributed by atoms with Crippen LogP contribution >= 0.6 is 11.6 Å². The fourth-order valence-corrected chi connectivity index (χ4v) is 3.48. The molecule has 1 aromatic rings. The van der Waals surface area contributed by atoms with Gasteiger partial charge in [0.15, 0.2) is 0 Å². The molecule has 2 aliphatic rings. The Balaban J connectivity index is 1.87. The number of nitrogens with zero attached hydrogens (tertiary/aromatic N) is 1. The number of piperidine rings is 1. The third-order valence-corrected chi connectivity index (χ3v) is 4.39. The van der Waals surface area contributed by atoms with Crippen LogP contribution in [0.2, 0.25) is 5.02 Å². The summed E-state index contributed by atoms with van der Waals surface area (Å²) in [4.78, 5) is 2.50. The summed E-state index contributed by atoms with van der Waals surface area (Å²) in [6, 6.07) is 7.39. The first kappa shape index (κ1) is 12.1. The van der Waals surface area contributed by atoms with Crippen LogP contribution in [0, 0.1) is 0 Å². The van der Waals surface area contributed by atoms with E-state index in [0.29, 0.717) is 17.1 Å². The number of nitrogens with one attached hydrogen (secondary N) is 1. The lowest BCUT2D eigenvalue weighted by Gasteiger charge is -2.39. The SMILES string of the molecule is COc1ccc(N2CCCC3NCCC32)cc1Cl. The second kappa shape index (κ2) is 4.98. The topological polar surface area (TPSA) is 24.5 Å². The molecule has 4 heteroatoms. The molecule has 1 N–H and O–H groups in total. The smallest absolute Gasteiger partial charge is 0.137 e. The van der Waals surface area contributed by atoms with E-state index >= 15 is 0 Å². The highest BCUT2D eigenvalue weighted by molar-refractivity contribution is 6.32. The summed E-state index contributed by atoms with van der Waals surface area (Å²) in [6.07, 6.45) is 3.77. The number of anilines is 1. The minimum absolute atomic E-state index is 0.628. The van der Waals surface area contributed by atoms with Crippen LogP contribution in [0.4, 0.5) is 5.69 Å². The monoisotopic (exact) mass is 266 g/mol. The zero-order valence-electron chi connectivity index (χ0n) is 10.7. The van der Waals surface area contributed by atoms with E-state index in [-0.39, 0.29) is 0 Å². The Labute approximate surface area is 113 Å². The van der Waals surface area contributed by atoms with Gasteiger partial charge < -0.3 is 15.0 Å². The van der Waals surface area contributed by atoms with Crippen molar-refractivity contribution in [3.8, 4) is 5.75 Å². The normalized spacial score (nSPS) is 27.1. The summed E-state index contributed by atoms with van der Waals surface area (Å²) in [7, 11) is 1.65. The van der Waals surface area contributed by atoms with Crippen molar-refractivity contribution < 1.29 is 4.74 Å². The number of methoxy groups -OCH3 is 1. The van der Waals surface area contributed by atoms with E-state index in [2.05, 4.69) is 16.3 Å². The third-order valence-electron chi connectivity index (χ3n) is 4.09. The van der Waals surface area contributed by atoms with Crippen molar-refractivity contribution in [2.45, 2.75) is 31.3 Å². The molecule has 3 rings (SSSR count). The van der Waals surface area contributed by atoms with Crippen molar-refractivity contribution >= 4 is 17.3 Å². The molecule has 0 spiro atoms. The van der Waals surface area contributed by atoms with Crippen LogP contribution in [0.5, 0.6) is 5.75 Å². The summed E-state index contributed by atoms with van der Waals surface area (Å²) in [6.45, 7) is 2.27. The van der Waals surface area contributed by atoms with Gasteiger partial charge in [-0.05, 0) is 44.0 Å². The first-order valence-electron chi connectivity index (χ1n) is 6.63. The van der Waals surface area contributed by atoms with Crippen LogP contribution in [0.3, 0.4) is 0 Å². The molecule has 2 saturated heterocycles. The Kier molecular flexibility index (Phi) is 3.35. The van der Waals surface area contributed by atoms with Crippen molar-refractivity contribution in [1.29, 1.82) is 0 Å². The molecule has 2 heterocycles. The van der Waals surface area contributed by atoms with Crippen molar-refractivity contribution in [2.75, 3.05) is 25.1 Å². The lowest BCUT2D eigenvalue weighted by molar-refractivity contribution is 0.409. The van der Waals surface area contributed by atoms with Gasteiger partial charge in [0, 0.05) is 24.3 Å². The second-order valence-electron chi connectivity index (χ2n) is 5.07. The number of ether oxygens (including phenoxy) is 1. The summed E-state index contributed by atoms with van der Waals surface area (Å²) in [5.41, 5.74) is 1.22. The van der Waals surface area contributed by atoms with Crippen molar-refractivity contribution in [1.82, 2.24) is 5.32 Å². The molecule has 0 saturated carbocycles. The second-order valence-corrected chi connectivity index (χ2v) is 5.48. The van der Waals surface area contributed by atoms with Gasteiger partial charge in [0.25, 0.3) is 0 Å². The predicted molar refractivity (Wildman–Crippen MR) is 74.8 cm³/mol. The maximum absolute atomic E-state index is 6.22. The van der Waals surface area contributed by atoms with Crippen molar-refractivity contribution in [3.63, 3.8) is 0 Å². The van der Waals surface area contributed by atoms with E-state index < -0.39 is 0 Å². The third kappa shape index (κ3) is 2.06. The van der Waals surface area contributed by atoms with E-state index in [4.69, 9.17) is 16.3 Å². The molecule has 18 heavy (non-hydrogen) atoms. The summed E-state index contributed by atoms with van der Waals surface area (Å²) in [5.74, 6) is 0.749. The molecule has 3 nitrogen and oxygen atoms in total.